The average Bonchev–Trinajstić information content (AvgIpc) is 2.20. The van der Waals surface area contributed by atoms with E-state index in [4.69, 9.17) is 4.74 Å². The maximum Gasteiger partial charge on any atom is 0.141 e. The molecule has 1 aromatic heterocycles. The van der Waals surface area contributed by atoms with E-state index >= 15 is 0 Å². The summed E-state index contributed by atoms with van der Waals surface area (Å²) in [7, 11) is 0. The van der Waals surface area contributed by atoms with Crippen molar-refractivity contribution in [3.8, 4) is 0 Å². The van der Waals surface area contributed by atoms with Gasteiger partial charge in [-0.2, -0.15) is 0 Å². The molecule has 1 aromatic rings. The Morgan fingerprint density at radius 3 is 2.79 bits per heavy atom. The normalized spacial score (nSPS) is 12.7. The number of hydrogen-bond acceptors (Lipinski definition) is 4. The van der Waals surface area contributed by atoms with Crippen molar-refractivity contribution in [2.24, 2.45) is 0 Å². The maximum absolute atomic E-state index is 5.38. The van der Waals surface area contributed by atoms with Gasteiger partial charge in [0.25, 0.3) is 0 Å². The quantitative estimate of drug-likeness (QED) is 0.735. The van der Waals surface area contributed by atoms with Crippen molar-refractivity contribution in [3.05, 3.63) is 24.3 Å². The van der Waals surface area contributed by atoms with Gasteiger partial charge >= 0.3 is 0 Å². The van der Waals surface area contributed by atoms with Crippen LogP contribution in [-0.2, 0) is 11.3 Å². The number of nitrogens with zero attached hydrogens (tertiary/aromatic N) is 2. The molecule has 0 aliphatic heterocycles. The minimum atomic E-state index is 0.240. The molecule has 78 valence electrons. The first-order chi connectivity index (χ1) is 6.83. The van der Waals surface area contributed by atoms with Crippen molar-refractivity contribution >= 4 is 0 Å². The first kappa shape index (κ1) is 11.1. The van der Waals surface area contributed by atoms with E-state index in [-0.39, 0.29) is 6.10 Å². The number of hydrogen-bond donors (Lipinski definition) is 1. The van der Waals surface area contributed by atoms with Gasteiger partial charge in [-0.25, -0.2) is 9.97 Å². The molecule has 0 amide bonds. The molecular weight excluding hydrogens is 178 g/mol. The van der Waals surface area contributed by atoms with Crippen LogP contribution in [0.25, 0.3) is 0 Å². The summed E-state index contributed by atoms with van der Waals surface area (Å²) >= 11 is 0. The predicted octanol–water partition coefficient (Wildman–Crippen LogP) is 0.991. The monoisotopic (exact) mass is 195 g/mol. The molecule has 0 radical (unpaired) electrons. The smallest absolute Gasteiger partial charge is 0.141 e. The molecule has 0 aliphatic rings. The Morgan fingerprint density at radius 1 is 1.43 bits per heavy atom. The molecule has 14 heavy (non-hydrogen) atoms. The van der Waals surface area contributed by atoms with Crippen molar-refractivity contribution < 1.29 is 4.74 Å². The highest BCUT2D eigenvalue weighted by atomic mass is 16.5. The molecule has 1 unspecified atom stereocenters. The van der Waals surface area contributed by atoms with Gasteiger partial charge in [0, 0.05) is 25.5 Å². The van der Waals surface area contributed by atoms with Gasteiger partial charge in [-0.1, -0.05) is 0 Å². The molecule has 1 atom stereocenters. The van der Waals surface area contributed by atoms with Gasteiger partial charge < -0.3 is 10.1 Å². The Bertz CT molecular complexity index is 240. The van der Waals surface area contributed by atoms with Crippen molar-refractivity contribution in [2.75, 3.05) is 13.2 Å². The third-order valence-electron chi connectivity index (χ3n) is 1.79. The lowest BCUT2D eigenvalue weighted by Gasteiger charge is -2.11. The van der Waals surface area contributed by atoms with E-state index in [2.05, 4.69) is 15.3 Å². The molecule has 1 rings (SSSR count). The van der Waals surface area contributed by atoms with Crippen molar-refractivity contribution in [1.82, 2.24) is 15.3 Å². The Balaban J connectivity index is 2.16. The molecule has 0 spiro atoms. The predicted molar refractivity (Wildman–Crippen MR) is 54.8 cm³/mol. The van der Waals surface area contributed by atoms with E-state index < -0.39 is 0 Å². The molecule has 4 heteroatoms. The summed E-state index contributed by atoms with van der Waals surface area (Å²) < 4.78 is 5.38. The minimum Gasteiger partial charge on any atom is -0.377 e. The first-order valence-electron chi connectivity index (χ1n) is 4.91. The summed E-state index contributed by atoms with van der Waals surface area (Å²) in [6.07, 6.45) is 3.73. The van der Waals surface area contributed by atoms with Crippen molar-refractivity contribution in [2.45, 2.75) is 26.5 Å². The molecule has 0 bridgehead atoms. The van der Waals surface area contributed by atoms with Gasteiger partial charge in [0.2, 0.25) is 0 Å². The molecule has 0 saturated heterocycles. The van der Waals surface area contributed by atoms with E-state index in [0.29, 0.717) is 6.54 Å². The zero-order chi connectivity index (χ0) is 10.2. The maximum atomic E-state index is 5.38. The van der Waals surface area contributed by atoms with E-state index in [1.54, 1.807) is 12.4 Å². The summed E-state index contributed by atoms with van der Waals surface area (Å²) in [5.74, 6) is 0.816. The van der Waals surface area contributed by atoms with Crippen LogP contribution < -0.4 is 5.32 Å². The summed E-state index contributed by atoms with van der Waals surface area (Å²) in [6, 6.07) is 1.81. The number of ether oxygens (including phenoxy) is 1. The van der Waals surface area contributed by atoms with Gasteiger partial charge in [0.05, 0.1) is 12.6 Å². The molecule has 1 N–H and O–H groups in total. The van der Waals surface area contributed by atoms with Gasteiger partial charge in [-0.3, -0.25) is 0 Å². The fourth-order valence-corrected chi connectivity index (χ4v) is 1.15. The Labute approximate surface area is 84.7 Å². The molecule has 0 saturated carbocycles. The lowest BCUT2D eigenvalue weighted by atomic mass is 10.4. The van der Waals surface area contributed by atoms with Crippen LogP contribution in [0.1, 0.15) is 19.7 Å². The fourth-order valence-electron chi connectivity index (χ4n) is 1.15. The zero-order valence-corrected chi connectivity index (χ0v) is 8.73. The minimum absolute atomic E-state index is 0.240. The number of nitrogens with one attached hydrogen (secondary N) is 1. The highest BCUT2D eigenvalue weighted by molar-refractivity contribution is 4.87. The van der Waals surface area contributed by atoms with E-state index in [9.17, 15) is 0 Å². The molecule has 0 aromatic carbocycles. The third-order valence-corrected chi connectivity index (χ3v) is 1.79. The lowest BCUT2D eigenvalue weighted by Crippen LogP contribution is -2.27. The van der Waals surface area contributed by atoms with Gasteiger partial charge in [-0.15, -0.1) is 0 Å². The van der Waals surface area contributed by atoms with Gasteiger partial charge in [0.15, 0.2) is 0 Å². The Hall–Kier alpha value is -1.00. The largest absolute Gasteiger partial charge is 0.377 e. The number of aromatic nitrogens is 2. The van der Waals surface area contributed by atoms with Crippen molar-refractivity contribution in [3.63, 3.8) is 0 Å². The lowest BCUT2D eigenvalue weighted by molar-refractivity contribution is 0.0758. The molecule has 1 heterocycles. The summed E-state index contributed by atoms with van der Waals surface area (Å²) in [4.78, 5) is 8.21. The summed E-state index contributed by atoms with van der Waals surface area (Å²) in [5, 5.41) is 3.24. The van der Waals surface area contributed by atoms with Crippen LogP contribution in [-0.4, -0.2) is 29.2 Å². The second-order valence-electron chi connectivity index (χ2n) is 3.06. The van der Waals surface area contributed by atoms with Gasteiger partial charge in [-0.05, 0) is 19.9 Å². The van der Waals surface area contributed by atoms with Crippen molar-refractivity contribution in [1.29, 1.82) is 0 Å². The number of rotatable bonds is 6. The Kier molecular flexibility index (Phi) is 5.11. The van der Waals surface area contributed by atoms with Crippen LogP contribution >= 0.6 is 0 Å². The molecule has 0 aliphatic carbocycles. The van der Waals surface area contributed by atoms with Crippen LogP contribution in [0, 0.1) is 0 Å². The summed E-state index contributed by atoms with van der Waals surface area (Å²) in [6.45, 7) is 6.31. The topological polar surface area (TPSA) is 47.0 Å². The second-order valence-corrected chi connectivity index (χ2v) is 3.06. The second kappa shape index (κ2) is 6.45. The molecule has 0 fully saturated rings. The van der Waals surface area contributed by atoms with Gasteiger partial charge in [0.1, 0.15) is 5.82 Å². The van der Waals surface area contributed by atoms with Crippen LogP contribution in [0.15, 0.2) is 18.5 Å². The highest BCUT2D eigenvalue weighted by Crippen LogP contribution is 1.90. The van der Waals surface area contributed by atoms with E-state index in [1.165, 1.54) is 0 Å². The standard InChI is InChI=1S/C10H17N3O/c1-3-14-9(2)7-11-8-10-12-5-4-6-13-10/h4-6,9,11H,3,7-8H2,1-2H3. The third kappa shape index (κ3) is 4.30. The summed E-state index contributed by atoms with van der Waals surface area (Å²) in [5.41, 5.74) is 0. The van der Waals surface area contributed by atoms with Crippen LogP contribution in [0.5, 0.6) is 0 Å². The average molecular weight is 195 g/mol. The van der Waals surface area contributed by atoms with Crippen LogP contribution in [0.2, 0.25) is 0 Å². The van der Waals surface area contributed by atoms with Crippen LogP contribution in [0.4, 0.5) is 0 Å². The zero-order valence-electron chi connectivity index (χ0n) is 8.73. The van der Waals surface area contributed by atoms with E-state index in [0.717, 1.165) is 19.0 Å². The fraction of sp³-hybridized carbons (Fsp3) is 0.600. The first-order valence-corrected chi connectivity index (χ1v) is 4.91. The van der Waals surface area contributed by atoms with Crippen LogP contribution in [0.3, 0.4) is 0 Å². The molecular formula is C10H17N3O. The molecule has 4 nitrogen and oxygen atoms in total. The van der Waals surface area contributed by atoms with E-state index in [1.807, 2.05) is 19.9 Å². The Morgan fingerprint density at radius 2 is 2.14 bits per heavy atom. The highest BCUT2D eigenvalue weighted by Gasteiger charge is 2.00. The SMILES string of the molecule is CCOC(C)CNCc1ncccn1.